The highest BCUT2D eigenvalue weighted by Crippen LogP contribution is 2.41. The van der Waals surface area contributed by atoms with Gasteiger partial charge in [-0.25, -0.2) is 0 Å². The fraction of sp³-hybridized carbons (Fsp3) is 0.789. The van der Waals surface area contributed by atoms with Crippen LogP contribution in [0.4, 0.5) is 0 Å². The molecule has 1 aliphatic rings. The SMILES string of the molecule is C=C(CCC(C)C1CCCC(C)C1CC=O)C(=O)C(C)C. The molecule has 0 aromatic carbocycles. The summed E-state index contributed by atoms with van der Waals surface area (Å²) in [5.41, 5.74) is 0.771. The van der Waals surface area contributed by atoms with E-state index in [1.165, 1.54) is 19.3 Å². The topological polar surface area (TPSA) is 34.1 Å². The van der Waals surface area contributed by atoms with Gasteiger partial charge in [0, 0.05) is 12.3 Å². The van der Waals surface area contributed by atoms with Gasteiger partial charge in [-0.1, -0.05) is 47.1 Å². The molecule has 2 nitrogen and oxygen atoms in total. The standard InChI is InChI=1S/C19H32O2/c1-13(2)19(21)16(5)10-9-15(4)17-8-6-7-14(3)18(17)11-12-20/h12-15,17-18H,5-11H2,1-4H3. The van der Waals surface area contributed by atoms with Crippen LogP contribution in [-0.4, -0.2) is 12.1 Å². The molecule has 1 saturated carbocycles. The Hall–Kier alpha value is -0.920. The number of aldehydes is 1. The molecule has 0 heterocycles. The number of ketones is 1. The Balaban J connectivity index is 2.56. The van der Waals surface area contributed by atoms with E-state index < -0.39 is 0 Å². The van der Waals surface area contributed by atoms with Crippen molar-refractivity contribution in [3.8, 4) is 0 Å². The smallest absolute Gasteiger partial charge is 0.160 e. The second kappa shape index (κ2) is 8.51. The van der Waals surface area contributed by atoms with E-state index in [0.717, 1.165) is 24.7 Å². The van der Waals surface area contributed by atoms with Crippen LogP contribution in [0.2, 0.25) is 0 Å². The molecule has 1 rings (SSSR count). The second-order valence-electron chi connectivity index (χ2n) is 7.28. The van der Waals surface area contributed by atoms with Gasteiger partial charge in [-0.05, 0) is 48.5 Å². The first kappa shape index (κ1) is 18.1. The monoisotopic (exact) mass is 292 g/mol. The Kier molecular flexibility index (Phi) is 7.34. The Morgan fingerprint density at radius 3 is 2.52 bits per heavy atom. The molecule has 2 heteroatoms. The summed E-state index contributed by atoms with van der Waals surface area (Å²) in [6, 6.07) is 0. The lowest BCUT2D eigenvalue weighted by Crippen LogP contribution is -2.31. The normalized spacial score (nSPS) is 27.4. The summed E-state index contributed by atoms with van der Waals surface area (Å²) in [6.07, 6.45) is 7.36. The fourth-order valence-corrected chi connectivity index (χ4v) is 3.90. The summed E-state index contributed by atoms with van der Waals surface area (Å²) in [4.78, 5) is 22.9. The summed E-state index contributed by atoms with van der Waals surface area (Å²) in [6.45, 7) is 12.4. The number of carbonyl (C=O) groups is 2. The molecule has 21 heavy (non-hydrogen) atoms. The van der Waals surface area contributed by atoms with E-state index in [4.69, 9.17) is 0 Å². The van der Waals surface area contributed by atoms with Crippen molar-refractivity contribution in [2.45, 2.75) is 66.2 Å². The van der Waals surface area contributed by atoms with Gasteiger partial charge >= 0.3 is 0 Å². The van der Waals surface area contributed by atoms with Crippen LogP contribution < -0.4 is 0 Å². The summed E-state index contributed by atoms with van der Waals surface area (Å²) in [7, 11) is 0. The molecule has 0 aromatic heterocycles. The van der Waals surface area contributed by atoms with Gasteiger partial charge in [0.15, 0.2) is 5.78 Å². The molecule has 0 bridgehead atoms. The third-order valence-corrected chi connectivity index (χ3v) is 5.35. The number of allylic oxidation sites excluding steroid dienone is 1. The number of Topliss-reactive ketones (excluding diaryl/α,β-unsaturated/α-hetero) is 1. The van der Waals surface area contributed by atoms with Gasteiger partial charge in [-0.15, -0.1) is 0 Å². The maximum absolute atomic E-state index is 11.9. The van der Waals surface area contributed by atoms with Crippen LogP contribution in [0, 0.1) is 29.6 Å². The quantitative estimate of drug-likeness (QED) is 0.474. The molecule has 1 aliphatic carbocycles. The van der Waals surface area contributed by atoms with Crippen molar-refractivity contribution in [2.24, 2.45) is 29.6 Å². The summed E-state index contributed by atoms with van der Waals surface area (Å²) in [5, 5.41) is 0. The van der Waals surface area contributed by atoms with Crippen LogP contribution in [-0.2, 0) is 9.59 Å². The Labute approximate surface area is 130 Å². The molecule has 4 unspecified atom stereocenters. The van der Waals surface area contributed by atoms with Crippen molar-refractivity contribution >= 4 is 12.1 Å². The Morgan fingerprint density at radius 1 is 1.29 bits per heavy atom. The second-order valence-corrected chi connectivity index (χ2v) is 7.28. The molecule has 120 valence electrons. The lowest BCUT2D eigenvalue weighted by atomic mass is 9.66. The predicted octanol–water partition coefficient (Wildman–Crippen LogP) is 4.83. The van der Waals surface area contributed by atoms with Crippen molar-refractivity contribution in [3.05, 3.63) is 12.2 Å². The van der Waals surface area contributed by atoms with Crippen LogP contribution in [0.5, 0.6) is 0 Å². The van der Waals surface area contributed by atoms with Crippen molar-refractivity contribution < 1.29 is 9.59 Å². The minimum absolute atomic E-state index is 0.0466. The van der Waals surface area contributed by atoms with E-state index in [1.54, 1.807) is 0 Å². The zero-order valence-electron chi connectivity index (χ0n) is 14.2. The zero-order chi connectivity index (χ0) is 16.0. The Bertz CT molecular complexity index is 370. The first-order chi connectivity index (χ1) is 9.88. The molecule has 0 spiro atoms. The molecule has 0 aliphatic heterocycles. The van der Waals surface area contributed by atoms with Gasteiger partial charge in [0.2, 0.25) is 0 Å². The third kappa shape index (κ3) is 5.09. The maximum Gasteiger partial charge on any atom is 0.160 e. The highest BCUT2D eigenvalue weighted by molar-refractivity contribution is 5.96. The number of hydrogen-bond donors (Lipinski definition) is 0. The van der Waals surface area contributed by atoms with E-state index in [2.05, 4.69) is 20.4 Å². The zero-order valence-corrected chi connectivity index (χ0v) is 14.2. The molecule has 1 fully saturated rings. The molecule has 4 atom stereocenters. The van der Waals surface area contributed by atoms with Crippen LogP contribution in [0.15, 0.2) is 12.2 Å². The largest absolute Gasteiger partial charge is 0.303 e. The molecular formula is C19H32O2. The maximum atomic E-state index is 11.9. The summed E-state index contributed by atoms with van der Waals surface area (Å²) in [5.74, 6) is 2.61. The van der Waals surface area contributed by atoms with E-state index >= 15 is 0 Å². The van der Waals surface area contributed by atoms with Crippen LogP contribution in [0.25, 0.3) is 0 Å². The minimum Gasteiger partial charge on any atom is -0.303 e. The van der Waals surface area contributed by atoms with Crippen molar-refractivity contribution in [1.82, 2.24) is 0 Å². The van der Waals surface area contributed by atoms with Gasteiger partial charge in [-0.2, -0.15) is 0 Å². The van der Waals surface area contributed by atoms with Crippen LogP contribution in [0.1, 0.15) is 66.2 Å². The fourth-order valence-electron chi connectivity index (χ4n) is 3.90. The van der Waals surface area contributed by atoms with E-state index in [9.17, 15) is 9.59 Å². The molecular weight excluding hydrogens is 260 g/mol. The first-order valence-electron chi connectivity index (χ1n) is 8.54. The third-order valence-electron chi connectivity index (χ3n) is 5.35. The lowest BCUT2D eigenvalue weighted by molar-refractivity contribution is -0.118. The number of rotatable bonds is 8. The van der Waals surface area contributed by atoms with E-state index in [-0.39, 0.29) is 11.7 Å². The Morgan fingerprint density at radius 2 is 1.95 bits per heavy atom. The average molecular weight is 292 g/mol. The molecule has 0 amide bonds. The van der Waals surface area contributed by atoms with Gasteiger partial charge in [0.05, 0.1) is 0 Å². The van der Waals surface area contributed by atoms with Gasteiger partial charge in [0.25, 0.3) is 0 Å². The molecule has 0 aromatic rings. The average Bonchev–Trinajstić information content (AvgIpc) is 2.45. The lowest BCUT2D eigenvalue weighted by Gasteiger charge is -2.39. The summed E-state index contributed by atoms with van der Waals surface area (Å²) < 4.78 is 0. The van der Waals surface area contributed by atoms with Crippen molar-refractivity contribution in [3.63, 3.8) is 0 Å². The van der Waals surface area contributed by atoms with E-state index in [1.807, 2.05) is 13.8 Å². The van der Waals surface area contributed by atoms with Gasteiger partial charge < -0.3 is 4.79 Å². The minimum atomic E-state index is 0.0466. The molecule has 0 radical (unpaired) electrons. The van der Waals surface area contributed by atoms with Crippen LogP contribution in [0.3, 0.4) is 0 Å². The summed E-state index contributed by atoms with van der Waals surface area (Å²) >= 11 is 0. The predicted molar refractivity (Wildman–Crippen MR) is 88.1 cm³/mol. The van der Waals surface area contributed by atoms with Crippen LogP contribution >= 0.6 is 0 Å². The van der Waals surface area contributed by atoms with Crippen molar-refractivity contribution in [1.29, 1.82) is 0 Å². The highest BCUT2D eigenvalue weighted by atomic mass is 16.1. The molecule has 0 saturated heterocycles. The highest BCUT2D eigenvalue weighted by Gasteiger charge is 2.33. The van der Waals surface area contributed by atoms with E-state index in [0.29, 0.717) is 30.1 Å². The molecule has 0 N–H and O–H groups in total. The number of carbonyl (C=O) groups excluding carboxylic acids is 2. The van der Waals surface area contributed by atoms with Gasteiger partial charge in [-0.3, -0.25) is 4.79 Å². The van der Waals surface area contributed by atoms with Gasteiger partial charge in [0.1, 0.15) is 6.29 Å². The number of hydrogen-bond acceptors (Lipinski definition) is 2. The van der Waals surface area contributed by atoms with Crippen molar-refractivity contribution in [2.75, 3.05) is 0 Å². The first-order valence-corrected chi connectivity index (χ1v) is 8.54.